The molecule has 2 aromatic rings. The van der Waals surface area contributed by atoms with Gasteiger partial charge in [0.2, 0.25) is 5.95 Å². The Hall–Kier alpha value is -2.64. The largest absolute Gasteiger partial charge is 0.364 e. The molecule has 0 aliphatic heterocycles. The third-order valence-electron chi connectivity index (χ3n) is 5.89. The maximum Gasteiger partial charge on any atom is 0.267 e. The average molecular weight is 369 g/mol. The van der Waals surface area contributed by atoms with Gasteiger partial charge in [0, 0.05) is 30.9 Å². The van der Waals surface area contributed by atoms with Gasteiger partial charge in [0.1, 0.15) is 11.5 Å². The van der Waals surface area contributed by atoms with Gasteiger partial charge in [0.05, 0.1) is 0 Å². The lowest BCUT2D eigenvalue weighted by Crippen LogP contribution is -2.41. The highest BCUT2D eigenvalue weighted by molar-refractivity contribution is 5.92. The number of fused-ring (bicyclic) bond motifs is 2. The Morgan fingerprint density at radius 1 is 1.19 bits per heavy atom. The van der Waals surface area contributed by atoms with Crippen LogP contribution in [0, 0.1) is 18.8 Å². The molecule has 2 saturated carbocycles. The van der Waals surface area contributed by atoms with E-state index in [-0.39, 0.29) is 5.69 Å². The molecule has 4 rings (SSSR count). The molecule has 2 aliphatic carbocycles. The molecule has 1 unspecified atom stereocenters. The Bertz CT molecular complexity index is 821. The van der Waals surface area contributed by atoms with E-state index in [2.05, 4.69) is 30.4 Å². The van der Waals surface area contributed by atoms with Crippen molar-refractivity contribution in [2.24, 2.45) is 17.6 Å². The van der Waals surface area contributed by atoms with Crippen LogP contribution in [0.4, 0.5) is 17.6 Å². The highest BCUT2D eigenvalue weighted by Gasteiger charge is 2.34. The van der Waals surface area contributed by atoms with Crippen LogP contribution in [0.5, 0.6) is 0 Å². The van der Waals surface area contributed by atoms with Crippen LogP contribution in [-0.2, 0) is 0 Å². The zero-order valence-corrected chi connectivity index (χ0v) is 15.9. The predicted octanol–water partition coefficient (Wildman–Crippen LogP) is 2.76. The number of anilines is 3. The minimum absolute atomic E-state index is 0.206. The molecule has 8 heteroatoms. The molecular formula is C19H27N7O. The van der Waals surface area contributed by atoms with E-state index < -0.39 is 5.91 Å². The normalized spacial score (nSPS) is 24.4. The first-order valence-electron chi connectivity index (χ1n) is 9.68. The fraction of sp³-hybridized carbons (Fsp3) is 0.579. The molecule has 0 aromatic carbocycles. The van der Waals surface area contributed by atoms with E-state index in [0.717, 1.165) is 17.5 Å². The van der Waals surface area contributed by atoms with Gasteiger partial charge < -0.3 is 16.0 Å². The molecule has 0 saturated heterocycles. The second-order valence-electron chi connectivity index (χ2n) is 8.00. The van der Waals surface area contributed by atoms with E-state index >= 15 is 0 Å². The van der Waals surface area contributed by atoms with Gasteiger partial charge in [-0.05, 0) is 38.0 Å². The van der Waals surface area contributed by atoms with Crippen molar-refractivity contribution in [3.8, 4) is 0 Å². The van der Waals surface area contributed by atoms with Crippen molar-refractivity contribution in [3.63, 3.8) is 0 Å². The molecule has 0 spiro atoms. The van der Waals surface area contributed by atoms with Crippen molar-refractivity contribution in [3.05, 3.63) is 23.5 Å². The van der Waals surface area contributed by atoms with Crippen LogP contribution >= 0.6 is 0 Å². The number of hydrogen-bond donors (Lipinski definition) is 3. The first kappa shape index (κ1) is 17.8. The molecule has 27 heavy (non-hydrogen) atoms. The Morgan fingerprint density at radius 2 is 1.93 bits per heavy atom. The molecule has 4 N–H and O–H groups in total. The zero-order chi connectivity index (χ0) is 19.0. The van der Waals surface area contributed by atoms with Gasteiger partial charge in [0.15, 0.2) is 5.82 Å². The van der Waals surface area contributed by atoms with Gasteiger partial charge >= 0.3 is 0 Å². The lowest BCUT2D eigenvalue weighted by atomic mass is 9.70. The smallest absolute Gasteiger partial charge is 0.267 e. The van der Waals surface area contributed by atoms with Crippen molar-refractivity contribution < 1.29 is 4.79 Å². The Balaban J connectivity index is 1.59. The number of amides is 1. The second kappa shape index (κ2) is 7.17. The molecule has 8 nitrogen and oxygen atoms in total. The quantitative estimate of drug-likeness (QED) is 0.747. The van der Waals surface area contributed by atoms with Gasteiger partial charge in [-0.2, -0.15) is 10.1 Å². The maximum atomic E-state index is 11.8. The first-order chi connectivity index (χ1) is 13.0. The number of aromatic amines is 1. The summed E-state index contributed by atoms with van der Waals surface area (Å²) in [5.74, 6) is 2.73. The van der Waals surface area contributed by atoms with Crippen molar-refractivity contribution in [1.82, 2.24) is 20.2 Å². The van der Waals surface area contributed by atoms with Crippen LogP contribution in [0.3, 0.4) is 0 Å². The summed E-state index contributed by atoms with van der Waals surface area (Å²) in [6.45, 7) is 1.92. The SMILES string of the molecule is Cc1cc(Nc2cc(C(N)=O)nc(N(C)C3C[C@H]4CCC[C@@H](C3)C4)n2)n[nH]1. The van der Waals surface area contributed by atoms with E-state index in [1.165, 1.54) is 38.5 Å². The molecule has 2 heterocycles. The Morgan fingerprint density at radius 3 is 2.56 bits per heavy atom. The predicted molar refractivity (Wildman–Crippen MR) is 104 cm³/mol. The summed E-state index contributed by atoms with van der Waals surface area (Å²) in [6, 6.07) is 3.84. The number of H-pyrrole nitrogens is 1. The molecule has 3 atom stereocenters. The summed E-state index contributed by atoms with van der Waals surface area (Å²) in [4.78, 5) is 23.0. The van der Waals surface area contributed by atoms with Crippen LogP contribution in [0.2, 0.25) is 0 Å². The number of aryl methyl sites for hydroxylation is 1. The molecule has 0 radical (unpaired) electrons. The zero-order valence-electron chi connectivity index (χ0n) is 15.9. The number of nitrogens with zero attached hydrogens (tertiary/aromatic N) is 4. The van der Waals surface area contributed by atoms with Gasteiger partial charge in [-0.25, -0.2) is 4.98 Å². The summed E-state index contributed by atoms with van der Waals surface area (Å²) < 4.78 is 0. The Labute approximate surface area is 159 Å². The van der Waals surface area contributed by atoms with Gasteiger partial charge in [-0.3, -0.25) is 9.89 Å². The third kappa shape index (κ3) is 3.89. The van der Waals surface area contributed by atoms with Gasteiger partial charge in [0.25, 0.3) is 5.91 Å². The number of rotatable bonds is 5. The van der Waals surface area contributed by atoms with E-state index in [1.54, 1.807) is 6.07 Å². The van der Waals surface area contributed by atoms with Crippen LogP contribution in [-0.4, -0.2) is 39.2 Å². The van der Waals surface area contributed by atoms with Gasteiger partial charge in [-0.1, -0.05) is 19.3 Å². The fourth-order valence-electron chi connectivity index (χ4n) is 4.57. The molecule has 2 aromatic heterocycles. The van der Waals surface area contributed by atoms with Gasteiger partial charge in [-0.15, -0.1) is 0 Å². The summed E-state index contributed by atoms with van der Waals surface area (Å²) in [5, 5.41) is 10.2. The average Bonchev–Trinajstić information content (AvgIpc) is 3.05. The fourth-order valence-corrected chi connectivity index (χ4v) is 4.57. The molecule has 1 amide bonds. The standard InChI is InChI=1S/C19H27N7O/c1-11-6-17(25-24-11)22-16-10-15(18(20)27)21-19(23-16)26(2)14-8-12-4-3-5-13(7-12)9-14/h6,10,12-14H,3-5,7-9H2,1-2H3,(H2,20,27)(H2,21,22,23,24,25)/t12-,13+,14?. The highest BCUT2D eigenvalue weighted by atomic mass is 16.1. The topological polar surface area (TPSA) is 113 Å². The van der Waals surface area contributed by atoms with E-state index in [9.17, 15) is 4.79 Å². The number of aromatic nitrogens is 4. The number of nitrogens with two attached hydrogens (primary N) is 1. The summed E-state index contributed by atoms with van der Waals surface area (Å²) in [5.41, 5.74) is 6.65. The molecular weight excluding hydrogens is 342 g/mol. The summed E-state index contributed by atoms with van der Waals surface area (Å²) >= 11 is 0. The molecule has 144 valence electrons. The van der Waals surface area contributed by atoms with Crippen molar-refractivity contribution in [2.45, 2.75) is 51.5 Å². The van der Waals surface area contributed by atoms with E-state index in [4.69, 9.17) is 5.73 Å². The minimum atomic E-state index is -0.561. The third-order valence-corrected chi connectivity index (χ3v) is 5.89. The lowest BCUT2D eigenvalue weighted by Gasteiger charge is -2.42. The Kier molecular flexibility index (Phi) is 4.72. The summed E-state index contributed by atoms with van der Waals surface area (Å²) in [7, 11) is 2.02. The van der Waals surface area contributed by atoms with Crippen LogP contribution < -0.4 is 16.0 Å². The maximum absolute atomic E-state index is 11.8. The minimum Gasteiger partial charge on any atom is -0.364 e. The molecule has 2 bridgehead atoms. The summed E-state index contributed by atoms with van der Waals surface area (Å²) in [6.07, 6.45) is 7.70. The first-order valence-corrected chi connectivity index (χ1v) is 9.68. The van der Waals surface area contributed by atoms with E-state index in [0.29, 0.717) is 23.6 Å². The number of carbonyl (C=O) groups excluding carboxylic acids is 1. The van der Waals surface area contributed by atoms with E-state index in [1.807, 2.05) is 20.0 Å². The molecule has 2 aliphatic rings. The number of nitrogens with one attached hydrogen (secondary N) is 2. The lowest BCUT2D eigenvalue weighted by molar-refractivity contribution is 0.0995. The highest BCUT2D eigenvalue weighted by Crippen LogP contribution is 2.41. The van der Waals surface area contributed by atoms with Crippen molar-refractivity contribution in [2.75, 3.05) is 17.3 Å². The number of hydrogen-bond acceptors (Lipinski definition) is 6. The van der Waals surface area contributed by atoms with Crippen molar-refractivity contribution >= 4 is 23.5 Å². The molecule has 2 fully saturated rings. The van der Waals surface area contributed by atoms with Crippen LogP contribution in [0.15, 0.2) is 12.1 Å². The number of carbonyl (C=O) groups is 1. The number of primary amides is 1. The van der Waals surface area contributed by atoms with Crippen LogP contribution in [0.25, 0.3) is 0 Å². The monoisotopic (exact) mass is 369 g/mol. The van der Waals surface area contributed by atoms with Crippen molar-refractivity contribution in [1.29, 1.82) is 0 Å². The van der Waals surface area contributed by atoms with Crippen LogP contribution in [0.1, 0.15) is 54.7 Å². The second-order valence-corrected chi connectivity index (χ2v) is 8.00.